The third-order valence-corrected chi connectivity index (χ3v) is 4.77. The van der Waals surface area contributed by atoms with Gasteiger partial charge in [-0.3, -0.25) is 4.79 Å². The number of rotatable bonds is 7. The van der Waals surface area contributed by atoms with Crippen LogP contribution in [0.2, 0.25) is 0 Å². The first kappa shape index (κ1) is 18.0. The van der Waals surface area contributed by atoms with E-state index in [-0.39, 0.29) is 18.1 Å². The van der Waals surface area contributed by atoms with E-state index in [0.717, 1.165) is 16.9 Å². The summed E-state index contributed by atoms with van der Waals surface area (Å²) in [6.45, 7) is 4.21. The van der Waals surface area contributed by atoms with Gasteiger partial charge in [0.05, 0.1) is 5.75 Å². The molecule has 2 N–H and O–H groups in total. The minimum atomic E-state index is 0.0236. The standard InChI is InChI=1S/C19H20N4O2S/c1-13-3-7-15(8-4-13)17(24)12-26-19-22-21-18(23(19)20)11-25-16-9-5-14(2)6-10-16/h3-10H,11-12,20H2,1-2H3. The zero-order valence-electron chi connectivity index (χ0n) is 14.7. The van der Waals surface area contributed by atoms with Crippen molar-refractivity contribution in [1.29, 1.82) is 0 Å². The Morgan fingerprint density at radius 3 is 2.31 bits per heavy atom. The molecule has 2 aromatic carbocycles. The molecule has 0 atom stereocenters. The first-order valence-corrected chi connectivity index (χ1v) is 9.13. The fourth-order valence-electron chi connectivity index (χ4n) is 2.24. The highest BCUT2D eigenvalue weighted by Gasteiger charge is 2.13. The minimum Gasteiger partial charge on any atom is -0.486 e. The highest BCUT2D eigenvalue weighted by molar-refractivity contribution is 7.99. The Morgan fingerprint density at radius 1 is 1.04 bits per heavy atom. The van der Waals surface area contributed by atoms with Crippen LogP contribution in [0.4, 0.5) is 0 Å². The highest BCUT2D eigenvalue weighted by Crippen LogP contribution is 2.18. The first-order valence-electron chi connectivity index (χ1n) is 8.14. The van der Waals surface area contributed by atoms with E-state index in [0.29, 0.717) is 16.5 Å². The number of hydrogen-bond acceptors (Lipinski definition) is 6. The van der Waals surface area contributed by atoms with E-state index in [9.17, 15) is 4.79 Å². The van der Waals surface area contributed by atoms with Crippen molar-refractivity contribution in [2.24, 2.45) is 0 Å². The van der Waals surface area contributed by atoms with Crippen LogP contribution in [-0.4, -0.2) is 26.4 Å². The molecule has 0 radical (unpaired) electrons. The van der Waals surface area contributed by atoms with Crippen molar-refractivity contribution in [3.05, 3.63) is 71.0 Å². The molecule has 0 aliphatic rings. The predicted molar refractivity (Wildman–Crippen MR) is 102 cm³/mol. The third kappa shape index (κ3) is 4.43. The van der Waals surface area contributed by atoms with E-state index in [1.54, 1.807) is 0 Å². The number of ether oxygens (including phenoxy) is 1. The molecule has 0 fully saturated rings. The monoisotopic (exact) mass is 368 g/mol. The van der Waals surface area contributed by atoms with Gasteiger partial charge in [0.25, 0.3) is 0 Å². The van der Waals surface area contributed by atoms with E-state index in [1.165, 1.54) is 16.4 Å². The Morgan fingerprint density at radius 2 is 1.65 bits per heavy atom. The van der Waals surface area contributed by atoms with Crippen LogP contribution < -0.4 is 10.6 Å². The van der Waals surface area contributed by atoms with Gasteiger partial charge >= 0.3 is 0 Å². The smallest absolute Gasteiger partial charge is 0.210 e. The number of benzene rings is 2. The number of carbonyl (C=O) groups excluding carboxylic acids is 1. The Hall–Kier alpha value is -2.80. The molecule has 3 aromatic rings. The summed E-state index contributed by atoms with van der Waals surface area (Å²) in [5.41, 5.74) is 2.96. The topological polar surface area (TPSA) is 83.0 Å². The molecule has 0 saturated carbocycles. The molecule has 0 spiro atoms. The number of thioether (sulfide) groups is 1. The predicted octanol–water partition coefficient (Wildman–Crippen LogP) is 3.16. The fourth-order valence-corrected chi connectivity index (χ4v) is 3.01. The van der Waals surface area contributed by atoms with E-state index >= 15 is 0 Å². The number of carbonyl (C=O) groups is 1. The van der Waals surface area contributed by atoms with Gasteiger partial charge in [0, 0.05) is 5.56 Å². The van der Waals surface area contributed by atoms with E-state index in [4.69, 9.17) is 10.6 Å². The van der Waals surface area contributed by atoms with Crippen molar-refractivity contribution in [3.8, 4) is 5.75 Å². The van der Waals surface area contributed by atoms with Crippen LogP contribution in [0.5, 0.6) is 5.75 Å². The maximum Gasteiger partial charge on any atom is 0.210 e. The van der Waals surface area contributed by atoms with E-state index < -0.39 is 0 Å². The SMILES string of the molecule is Cc1ccc(OCc2nnc(SCC(=O)c3ccc(C)cc3)n2N)cc1. The lowest BCUT2D eigenvalue weighted by atomic mass is 10.1. The number of aryl methyl sites for hydroxylation is 2. The van der Waals surface area contributed by atoms with Crippen LogP contribution in [0.1, 0.15) is 27.3 Å². The van der Waals surface area contributed by atoms with Gasteiger partial charge < -0.3 is 10.6 Å². The molecule has 26 heavy (non-hydrogen) atoms. The molecule has 6 nitrogen and oxygen atoms in total. The number of hydrogen-bond donors (Lipinski definition) is 1. The second-order valence-corrected chi connectivity index (χ2v) is 6.89. The molecular formula is C19H20N4O2S. The number of Topliss-reactive ketones (excluding diaryl/α,β-unsaturated/α-hetero) is 1. The van der Waals surface area contributed by atoms with Gasteiger partial charge in [0.1, 0.15) is 12.4 Å². The maximum atomic E-state index is 12.2. The van der Waals surface area contributed by atoms with Gasteiger partial charge in [0.2, 0.25) is 5.16 Å². The van der Waals surface area contributed by atoms with Crippen molar-refractivity contribution in [2.75, 3.05) is 11.6 Å². The van der Waals surface area contributed by atoms with Crippen LogP contribution in [0.25, 0.3) is 0 Å². The van der Waals surface area contributed by atoms with Gasteiger partial charge in [0.15, 0.2) is 11.6 Å². The van der Waals surface area contributed by atoms with Crippen molar-refractivity contribution < 1.29 is 9.53 Å². The Kier molecular flexibility index (Phi) is 5.58. The van der Waals surface area contributed by atoms with Gasteiger partial charge in [-0.25, -0.2) is 4.68 Å². The van der Waals surface area contributed by atoms with Crippen molar-refractivity contribution in [2.45, 2.75) is 25.6 Å². The Balaban J connectivity index is 1.57. The number of nitrogens with zero attached hydrogens (tertiary/aromatic N) is 3. The summed E-state index contributed by atoms with van der Waals surface area (Å²) in [5.74, 6) is 7.52. The lowest BCUT2D eigenvalue weighted by Crippen LogP contribution is -2.16. The quantitative estimate of drug-likeness (QED) is 0.392. The van der Waals surface area contributed by atoms with Gasteiger partial charge in [-0.05, 0) is 26.0 Å². The van der Waals surface area contributed by atoms with Crippen molar-refractivity contribution >= 4 is 17.5 Å². The van der Waals surface area contributed by atoms with Gasteiger partial charge in [-0.1, -0.05) is 59.3 Å². The summed E-state index contributed by atoms with van der Waals surface area (Å²) >= 11 is 1.26. The van der Waals surface area contributed by atoms with Crippen LogP contribution in [0.3, 0.4) is 0 Å². The largest absolute Gasteiger partial charge is 0.486 e. The zero-order chi connectivity index (χ0) is 18.5. The number of ketones is 1. The molecule has 0 bridgehead atoms. The lowest BCUT2D eigenvalue weighted by molar-refractivity contribution is 0.102. The van der Waals surface area contributed by atoms with Gasteiger partial charge in [-0.15, -0.1) is 10.2 Å². The molecule has 1 heterocycles. The third-order valence-electron chi connectivity index (χ3n) is 3.83. The summed E-state index contributed by atoms with van der Waals surface area (Å²) in [6.07, 6.45) is 0. The Labute approximate surface area is 156 Å². The van der Waals surface area contributed by atoms with Crippen LogP contribution in [0.15, 0.2) is 53.7 Å². The summed E-state index contributed by atoms with van der Waals surface area (Å²) in [7, 11) is 0. The average molecular weight is 368 g/mol. The zero-order valence-corrected chi connectivity index (χ0v) is 15.5. The highest BCUT2D eigenvalue weighted by atomic mass is 32.2. The van der Waals surface area contributed by atoms with Gasteiger partial charge in [-0.2, -0.15) is 0 Å². The van der Waals surface area contributed by atoms with E-state index in [1.807, 2.05) is 62.4 Å². The summed E-state index contributed by atoms with van der Waals surface area (Å²) in [6, 6.07) is 15.2. The number of nitrogen functional groups attached to an aromatic ring is 1. The molecule has 134 valence electrons. The van der Waals surface area contributed by atoms with Crippen molar-refractivity contribution in [3.63, 3.8) is 0 Å². The molecule has 7 heteroatoms. The summed E-state index contributed by atoms with van der Waals surface area (Å²) in [5, 5.41) is 8.56. The van der Waals surface area contributed by atoms with Crippen LogP contribution >= 0.6 is 11.8 Å². The normalized spacial score (nSPS) is 10.7. The number of nitrogens with two attached hydrogens (primary N) is 1. The molecule has 1 aromatic heterocycles. The molecule has 0 aliphatic heterocycles. The second-order valence-electron chi connectivity index (χ2n) is 5.95. The molecule has 0 unspecified atom stereocenters. The minimum absolute atomic E-state index is 0.0236. The lowest BCUT2D eigenvalue weighted by Gasteiger charge is -2.06. The Bertz CT molecular complexity index is 889. The fraction of sp³-hybridized carbons (Fsp3) is 0.211. The number of aromatic nitrogens is 3. The summed E-state index contributed by atoms with van der Waals surface area (Å²) in [4.78, 5) is 12.2. The molecular weight excluding hydrogens is 348 g/mol. The second kappa shape index (κ2) is 8.05. The molecule has 0 saturated heterocycles. The van der Waals surface area contributed by atoms with E-state index in [2.05, 4.69) is 10.2 Å². The average Bonchev–Trinajstić information content (AvgIpc) is 3.00. The molecule has 0 amide bonds. The first-order chi connectivity index (χ1) is 12.5. The van der Waals surface area contributed by atoms with Crippen LogP contribution in [-0.2, 0) is 6.61 Å². The van der Waals surface area contributed by atoms with Crippen molar-refractivity contribution in [1.82, 2.24) is 14.9 Å². The van der Waals surface area contributed by atoms with Crippen LogP contribution in [0, 0.1) is 13.8 Å². The molecule has 3 rings (SSSR count). The maximum absolute atomic E-state index is 12.2. The molecule has 0 aliphatic carbocycles. The summed E-state index contributed by atoms with van der Waals surface area (Å²) < 4.78 is 7.03.